The van der Waals surface area contributed by atoms with E-state index >= 15 is 0 Å². The Kier molecular flexibility index (Phi) is 6.68. The van der Waals surface area contributed by atoms with Crippen molar-refractivity contribution in [3.8, 4) is 0 Å². The molecule has 1 aliphatic rings. The van der Waals surface area contributed by atoms with E-state index in [1.165, 1.54) is 11.1 Å². The van der Waals surface area contributed by atoms with Crippen molar-refractivity contribution < 1.29 is 4.52 Å². The smallest absolute Gasteiger partial charge is 0.191 e. The predicted molar refractivity (Wildman–Crippen MR) is 107 cm³/mol. The van der Waals surface area contributed by atoms with E-state index in [0.29, 0.717) is 6.04 Å². The first-order valence-corrected chi connectivity index (χ1v) is 10.2. The molecule has 0 aliphatic carbocycles. The van der Waals surface area contributed by atoms with Crippen LogP contribution in [0.15, 0.2) is 26.3 Å². The molecule has 0 atom stereocenters. The lowest BCUT2D eigenvalue weighted by atomic mass is 10.0. The Morgan fingerprint density at radius 3 is 2.81 bits per heavy atom. The minimum atomic E-state index is 0.485. The van der Waals surface area contributed by atoms with Crippen molar-refractivity contribution in [1.29, 1.82) is 0 Å². The van der Waals surface area contributed by atoms with Crippen molar-refractivity contribution in [3.63, 3.8) is 0 Å². The van der Waals surface area contributed by atoms with Gasteiger partial charge in [-0.25, -0.2) is 0 Å². The fraction of sp³-hybridized carbons (Fsp3) is 0.579. The van der Waals surface area contributed by atoms with Gasteiger partial charge in [0.15, 0.2) is 5.96 Å². The fourth-order valence-corrected chi connectivity index (χ4v) is 4.09. The lowest BCUT2D eigenvalue weighted by molar-refractivity contribution is 0.198. The molecule has 0 aromatic carbocycles. The Morgan fingerprint density at radius 1 is 1.38 bits per heavy atom. The summed E-state index contributed by atoms with van der Waals surface area (Å²) in [6.45, 7) is 8.10. The largest absolute Gasteiger partial charge is 0.361 e. The summed E-state index contributed by atoms with van der Waals surface area (Å²) >= 11 is 1.78. The molecule has 1 aliphatic heterocycles. The highest BCUT2D eigenvalue weighted by molar-refractivity contribution is 7.07. The van der Waals surface area contributed by atoms with Crippen LogP contribution in [-0.2, 0) is 13.0 Å². The van der Waals surface area contributed by atoms with Crippen LogP contribution in [-0.4, -0.2) is 48.7 Å². The number of hydrogen-bond acceptors (Lipinski definition) is 5. The van der Waals surface area contributed by atoms with Crippen LogP contribution in [0.4, 0.5) is 0 Å². The second-order valence-electron chi connectivity index (χ2n) is 6.88. The summed E-state index contributed by atoms with van der Waals surface area (Å²) in [6, 6.07) is 2.71. The Bertz CT molecular complexity index is 682. The summed E-state index contributed by atoms with van der Waals surface area (Å²) in [5.74, 6) is 1.79. The van der Waals surface area contributed by atoms with Gasteiger partial charge in [-0.1, -0.05) is 5.16 Å². The lowest BCUT2D eigenvalue weighted by Gasteiger charge is -2.32. The highest BCUT2D eigenvalue weighted by Gasteiger charge is 2.20. The maximum absolute atomic E-state index is 5.22. The van der Waals surface area contributed by atoms with E-state index in [-0.39, 0.29) is 0 Å². The van der Waals surface area contributed by atoms with Crippen LogP contribution < -0.4 is 10.6 Å². The molecule has 3 heterocycles. The van der Waals surface area contributed by atoms with Crippen LogP contribution in [0.2, 0.25) is 0 Å². The van der Waals surface area contributed by atoms with Gasteiger partial charge in [0.1, 0.15) is 5.76 Å². The third-order valence-electron chi connectivity index (χ3n) is 4.99. The minimum absolute atomic E-state index is 0.485. The van der Waals surface area contributed by atoms with Crippen molar-refractivity contribution in [3.05, 3.63) is 39.4 Å². The van der Waals surface area contributed by atoms with E-state index in [9.17, 15) is 0 Å². The number of hydrogen-bond donors (Lipinski definition) is 2. The molecule has 1 saturated heterocycles. The molecular weight excluding hydrogens is 346 g/mol. The quantitative estimate of drug-likeness (QED) is 0.600. The number of likely N-dealkylation sites (tertiary alicyclic amines) is 1. The molecule has 2 aromatic rings. The van der Waals surface area contributed by atoms with Gasteiger partial charge in [0.05, 0.1) is 5.69 Å². The molecule has 2 aromatic heterocycles. The van der Waals surface area contributed by atoms with Crippen LogP contribution >= 0.6 is 11.3 Å². The van der Waals surface area contributed by atoms with Crippen LogP contribution in [0.3, 0.4) is 0 Å². The molecule has 142 valence electrons. The zero-order valence-corrected chi connectivity index (χ0v) is 16.7. The molecule has 0 spiro atoms. The summed E-state index contributed by atoms with van der Waals surface area (Å²) in [5.41, 5.74) is 3.60. The van der Waals surface area contributed by atoms with Gasteiger partial charge >= 0.3 is 0 Å². The van der Waals surface area contributed by atoms with Gasteiger partial charge in [-0.15, -0.1) is 0 Å². The highest BCUT2D eigenvalue weighted by Crippen LogP contribution is 2.15. The maximum atomic E-state index is 5.22. The maximum Gasteiger partial charge on any atom is 0.191 e. The Labute approximate surface area is 159 Å². The van der Waals surface area contributed by atoms with Crippen LogP contribution in [0, 0.1) is 13.8 Å². The number of piperidine rings is 1. The Balaban J connectivity index is 1.39. The minimum Gasteiger partial charge on any atom is -0.361 e. The number of nitrogens with zero attached hydrogens (tertiary/aromatic N) is 3. The highest BCUT2D eigenvalue weighted by atomic mass is 32.1. The number of thiophene rings is 1. The number of aryl methyl sites for hydroxylation is 2. The molecule has 6 nitrogen and oxygen atoms in total. The molecule has 1 fully saturated rings. The molecule has 0 saturated carbocycles. The first kappa shape index (κ1) is 18.9. The van der Waals surface area contributed by atoms with E-state index in [1.807, 2.05) is 20.9 Å². The topological polar surface area (TPSA) is 65.7 Å². The van der Waals surface area contributed by atoms with E-state index in [1.54, 1.807) is 11.3 Å². The summed E-state index contributed by atoms with van der Waals surface area (Å²) in [6.07, 6.45) is 3.18. The van der Waals surface area contributed by atoms with Gasteiger partial charge in [0.25, 0.3) is 0 Å². The first-order valence-electron chi connectivity index (χ1n) is 9.28. The Morgan fingerprint density at radius 2 is 2.19 bits per heavy atom. The molecule has 0 amide bonds. The standard InChI is InChI=1S/C19H29N5OS/c1-14-18(15(2)25-23-14)4-8-21-19(20-3)22-17-5-9-24(10-6-17)12-16-7-11-26-13-16/h7,11,13,17H,4-6,8-10,12H2,1-3H3,(H2,20,21,22). The zero-order valence-electron chi connectivity index (χ0n) is 15.9. The summed E-state index contributed by atoms with van der Waals surface area (Å²) in [7, 11) is 1.83. The van der Waals surface area contributed by atoms with Crippen LogP contribution in [0.1, 0.15) is 35.4 Å². The third-order valence-corrected chi connectivity index (χ3v) is 5.72. The fourth-order valence-electron chi connectivity index (χ4n) is 3.43. The van der Waals surface area contributed by atoms with Crippen molar-refractivity contribution in [1.82, 2.24) is 20.7 Å². The number of aliphatic imine (C=N–C) groups is 1. The molecule has 0 bridgehead atoms. The molecule has 26 heavy (non-hydrogen) atoms. The molecule has 3 rings (SSSR count). The molecular formula is C19H29N5OS. The van der Waals surface area contributed by atoms with Gasteiger partial charge in [0.2, 0.25) is 0 Å². The van der Waals surface area contributed by atoms with Gasteiger partial charge in [-0.2, -0.15) is 11.3 Å². The third kappa shape index (κ3) is 5.08. The normalized spacial score (nSPS) is 16.8. The van der Waals surface area contributed by atoms with Gasteiger partial charge in [-0.05, 0) is 55.5 Å². The van der Waals surface area contributed by atoms with Crippen molar-refractivity contribution in [2.45, 2.75) is 45.7 Å². The molecule has 0 radical (unpaired) electrons. The van der Waals surface area contributed by atoms with Crippen molar-refractivity contribution >= 4 is 17.3 Å². The average Bonchev–Trinajstić information content (AvgIpc) is 3.27. The van der Waals surface area contributed by atoms with Gasteiger partial charge in [-0.3, -0.25) is 9.89 Å². The number of nitrogens with one attached hydrogen (secondary N) is 2. The average molecular weight is 376 g/mol. The van der Waals surface area contributed by atoms with E-state index in [4.69, 9.17) is 4.52 Å². The number of aromatic nitrogens is 1. The summed E-state index contributed by atoms with van der Waals surface area (Å²) in [5, 5.41) is 15.4. The zero-order chi connectivity index (χ0) is 18.4. The van der Waals surface area contributed by atoms with E-state index in [0.717, 1.165) is 62.9 Å². The van der Waals surface area contributed by atoms with Crippen molar-refractivity contribution in [2.24, 2.45) is 4.99 Å². The second-order valence-corrected chi connectivity index (χ2v) is 7.66. The van der Waals surface area contributed by atoms with Crippen LogP contribution in [0.25, 0.3) is 0 Å². The first-order chi connectivity index (χ1) is 12.7. The number of guanidine groups is 1. The monoisotopic (exact) mass is 375 g/mol. The summed E-state index contributed by atoms with van der Waals surface area (Å²) < 4.78 is 5.22. The molecule has 2 N–H and O–H groups in total. The van der Waals surface area contributed by atoms with Crippen molar-refractivity contribution in [2.75, 3.05) is 26.7 Å². The number of rotatable bonds is 6. The predicted octanol–water partition coefficient (Wildman–Crippen LogP) is 2.73. The lowest BCUT2D eigenvalue weighted by Crippen LogP contribution is -2.48. The van der Waals surface area contributed by atoms with E-state index < -0.39 is 0 Å². The van der Waals surface area contributed by atoms with Gasteiger partial charge < -0.3 is 15.2 Å². The Hall–Kier alpha value is -1.86. The molecule has 7 heteroatoms. The SMILES string of the molecule is CN=C(NCCc1c(C)noc1C)NC1CCN(Cc2ccsc2)CC1. The molecule has 0 unspecified atom stereocenters. The van der Waals surface area contributed by atoms with Crippen LogP contribution in [0.5, 0.6) is 0 Å². The van der Waals surface area contributed by atoms with Gasteiger partial charge in [0, 0.05) is 44.8 Å². The second kappa shape index (κ2) is 9.19. The summed E-state index contributed by atoms with van der Waals surface area (Å²) in [4.78, 5) is 6.90. The van der Waals surface area contributed by atoms with E-state index in [2.05, 4.69) is 42.5 Å².